The maximum Gasteiger partial charge on any atom is 0.276 e. The number of ether oxygens (including phenoxy) is 1. The number of hydrogen-bond acceptors (Lipinski definition) is 4. The summed E-state index contributed by atoms with van der Waals surface area (Å²) in [5.74, 6) is 1.27. The van der Waals surface area contributed by atoms with Crippen molar-refractivity contribution in [2.75, 3.05) is 0 Å². The van der Waals surface area contributed by atoms with Gasteiger partial charge in [0.2, 0.25) is 0 Å². The minimum Gasteiger partial charge on any atom is -0.483 e. The van der Waals surface area contributed by atoms with Crippen LogP contribution in [0.5, 0.6) is 5.75 Å². The van der Waals surface area contributed by atoms with Crippen molar-refractivity contribution >= 4 is 64.1 Å². The number of amides is 1. The molecule has 4 rings (SSSR count). The summed E-state index contributed by atoms with van der Waals surface area (Å²) in [4.78, 5) is 14.0. The van der Waals surface area contributed by atoms with E-state index in [4.69, 9.17) is 56.2 Å². The van der Waals surface area contributed by atoms with Crippen LogP contribution in [0.2, 0.25) is 15.1 Å². The third kappa shape index (κ3) is 3.94. The summed E-state index contributed by atoms with van der Waals surface area (Å²) in [6.07, 6.45) is 3.60. The summed E-state index contributed by atoms with van der Waals surface area (Å²) in [5, 5.41) is 4.44. The highest BCUT2D eigenvalue weighted by Crippen LogP contribution is 2.36. The number of thiocarbonyl (C=S) groups is 1. The third-order valence-corrected chi connectivity index (χ3v) is 5.19. The Kier molecular flexibility index (Phi) is 5.07. The predicted molar refractivity (Wildman–Crippen MR) is 108 cm³/mol. The molecule has 0 spiro atoms. The van der Waals surface area contributed by atoms with Gasteiger partial charge in [-0.15, -0.1) is 0 Å². The molecule has 2 aromatic rings. The molecule has 2 aliphatic rings. The molecule has 1 aromatic carbocycles. The number of nitrogens with zero attached hydrogens (tertiary/aromatic N) is 1. The van der Waals surface area contributed by atoms with Crippen molar-refractivity contribution in [2.45, 2.75) is 25.5 Å². The van der Waals surface area contributed by atoms with Crippen molar-refractivity contribution < 1.29 is 13.9 Å². The van der Waals surface area contributed by atoms with Crippen molar-refractivity contribution in [3.63, 3.8) is 0 Å². The first-order valence-corrected chi connectivity index (χ1v) is 9.69. The van der Waals surface area contributed by atoms with Gasteiger partial charge in [0.25, 0.3) is 5.91 Å². The maximum atomic E-state index is 12.4. The molecule has 2 fully saturated rings. The van der Waals surface area contributed by atoms with Crippen LogP contribution in [0.3, 0.4) is 0 Å². The molecule has 1 aromatic heterocycles. The number of hydrogen-bond donors (Lipinski definition) is 1. The fourth-order valence-corrected chi connectivity index (χ4v) is 3.98. The van der Waals surface area contributed by atoms with E-state index in [0.29, 0.717) is 43.1 Å². The first-order valence-electron chi connectivity index (χ1n) is 8.14. The highest BCUT2D eigenvalue weighted by atomic mass is 35.5. The van der Waals surface area contributed by atoms with E-state index in [-0.39, 0.29) is 18.6 Å². The number of carbonyl (C=O) groups excluding carboxylic acids is 1. The highest BCUT2D eigenvalue weighted by Gasteiger charge is 2.41. The molecule has 9 heteroatoms. The average molecular weight is 444 g/mol. The lowest BCUT2D eigenvalue weighted by molar-refractivity contribution is -0.122. The van der Waals surface area contributed by atoms with Gasteiger partial charge in [0.1, 0.15) is 23.8 Å². The van der Waals surface area contributed by atoms with Gasteiger partial charge in [0.05, 0.1) is 10.0 Å². The van der Waals surface area contributed by atoms with Crippen molar-refractivity contribution in [1.29, 1.82) is 0 Å². The van der Waals surface area contributed by atoms with Gasteiger partial charge in [0.15, 0.2) is 10.9 Å². The van der Waals surface area contributed by atoms with Gasteiger partial charge >= 0.3 is 0 Å². The third-order valence-electron chi connectivity index (χ3n) is 4.11. The maximum absolute atomic E-state index is 12.4. The summed E-state index contributed by atoms with van der Waals surface area (Å²) in [5.41, 5.74) is 0.400. The molecular formula is C18H13Cl3N2O3S. The zero-order valence-corrected chi connectivity index (χ0v) is 16.9. The molecule has 5 nitrogen and oxygen atoms in total. The number of benzene rings is 1. The van der Waals surface area contributed by atoms with Crippen molar-refractivity contribution in [3.05, 3.63) is 56.6 Å². The monoisotopic (exact) mass is 442 g/mol. The van der Waals surface area contributed by atoms with Crippen LogP contribution in [0.4, 0.5) is 0 Å². The standard InChI is InChI=1S/C18H13Cl3N2O3S/c19-9-5-13(20)16(14(21)6-9)25-8-12-4-3-11(26-12)7-15-17(24)23(10-1-2-10)18(27)22-15/h3-7,10H,1-2,8H2,(H,22,27)/b15-7+. The van der Waals surface area contributed by atoms with Crippen LogP contribution in [0, 0.1) is 0 Å². The van der Waals surface area contributed by atoms with Gasteiger partial charge in [-0.2, -0.15) is 0 Å². The molecule has 1 aliphatic heterocycles. The van der Waals surface area contributed by atoms with Gasteiger partial charge in [-0.3, -0.25) is 9.69 Å². The molecular weight excluding hydrogens is 431 g/mol. The zero-order chi connectivity index (χ0) is 19.1. The molecule has 1 saturated carbocycles. The van der Waals surface area contributed by atoms with Gasteiger partial charge in [0, 0.05) is 17.1 Å². The highest BCUT2D eigenvalue weighted by molar-refractivity contribution is 7.80. The summed E-state index contributed by atoms with van der Waals surface area (Å²) in [6.45, 7) is 0.123. The lowest BCUT2D eigenvalue weighted by Crippen LogP contribution is -2.32. The van der Waals surface area contributed by atoms with E-state index < -0.39 is 0 Å². The Morgan fingerprint density at radius 3 is 2.63 bits per heavy atom. The van der Waals surface area contributed by atoms with E-state index in [0.717, 1.165) is 12.8 Å². The van der Waals surface area contributed by atoms with Crippen LogP contribution in [0.1, 0.15) is 24.4 Å². The molecule has 1 N–H and O–H groups in total. The lowest BCUT2D eigenvalue weighted by Gasteiger charge is -2.11. The zero-order valence-electron chi connectivity index (χ0n) is 13.8. The molecule has 0 bridgehead atoms. The number of furan rings is 1. The summed E-state index contributed by atoms with van der Waals surface area (Å²) < 4.78 is 11.3. The first kappa shape index (κ1) is 18.6. The molecule has 1 aliphatic carbocycles. The number of rotatable bonds is 5. The van der Waals surface area contributed by atoms with E-state index in [9.17, 15) is 4.79 Å². The lowest BCUT2D eigenvalue weighted by atomic mass is 10.3. The average Bonchev–Trinajstić information content (AvgIpc) is 3.25. The molecule has 0 unspecified atom stereocenters. The van der Waals surface area contributed by atoms with E-state index in [1.54, 1.807) is 35.2 Å². The quantitative estimate of drug-likeness (QED) is 0.518. The van der Waals surface area contributed by atoms with Crippen molar-refractivity contribution in [2.24, 2.45) is 0 Å². The molecule has 140 valence electrons. The van der Waals surface area contributed by atoms with E-state index in [2.05, 4.69) is 5.32 Å². The number of carbonyl (C=O) groups is 1. The molecule has 27 heavy (non-hydrogen) atoms. The summed E-state index contributed by atoms with van der Waals surface area (Å²) in [7, 11) is 0. The minimum atomic E-state index is -0.128. The van der Waals surface area contributed by atoms with Crippen molar-refractivity contribution in [1.82, 2.24) is 10.2 Å². The van der Waals surface area contributed by atoms with Crippen LogP contribution in [-0.4, -0.2) is 22.0 Å². The Labute approximate surface area is 175 Å². The molecule has 2 heterocycles. The van der Waals surface area contributed by atoms with E-state index in [1.165, 1.54) is 0 Å². The van der Waals surface area contributed by atoms with Gasteiger partial charge in [-0.25, -0.2) is 0 Å². The van der Waals surface area contributed by atoms with Crippen LogP contribution >= 0.6 is 47.0 Å². The van der Waals surface area contributed by atoms with E-state index >= 15 is 0 Å². The largest absolute Gasteiger partial charge is 0.483 e. The van der Waals surface area contributed by atoms with Crippen molar-refractivity contribution in [3.8, 4) is 5.75 Å². The fourth-order valence-electron chi connectivity index (χ4n) is 2.72. The Balaban J connectivity index is 1.45. The summed E-state index contributed by atoms with van der Waals surface area (Å²) in [6, 6.07) is 6.81. The van der Waals surface area contributed by atoms with Gasteiger partial charge < -0.3 is 14.5 Å². The summed E-state index contributed by atoms with van der Waals surface area (Å²) >= 11 is 23.3. The second-order valence-electron chi connectivity index (χ2n) is 6.19. The Hall–Kier alpha value is -1.73. The van der Waals surface area contributed by atoms with Crippen LogP contribution in [-0.2, 0) is 11.4 Å². The van der Waals surface area contributed by atoms with Gasteiger partial charge in [-0.1, -0.05) is 34.8 Å². The molecule has 1 saturated heterocycles. The number of nitrogens with one attached hydrogen (secondary N) is 1. The first-order chi connectivity index (χ1) is 12.9. The van der Waals surface area contributed by atoms with Crippen LogP contribution < -0.4 is 10.1 Å². The van der Waals surface area contributed by atoms with Crippen LogP contribution in [0.15, 0.2) is 34.4 Å². The second kappa shape index (κ2) is 7.36. The molecule has 0 atom stereocenters. The SMILES string of the molecule is O=C1/C(=C\c2ccc(COc3c(Cl)cc(Cl)cc3Cl)o2)NC(=S)N1C1CC1. The number of halogens is 3. The normalized spacial score (nSPS) is 18.3. The predicted octanol–water partition coefficient (Wildman–Crippen LogP) is 5.04. The Morgan fingerprint density at radius 1 is 1.26 bits per heavy atom. The van der Waals surface area contributed by atoms with Crippen LogP contribution in [0.25, 0.3) is 6.08 Å². The second-order valence-corrected chi connectivity index (χ2v) is 7.82. The Morgan fingerprint density at radius 2 is 1.96 bits per heavy atom. The minimum absolute atomic E-state index is 0.123. The Bertz CT molecular complexity index is 946. The fraction of sp³-hybridized carbons (Fsp3) is 0.222. The topological polar surface area (TPSA) is 54.7 Å². The molecule has 1 amide bonds. The van der Waals surface area contributed by atoms with E-state index in [1.807, 2.05) is 0 Å². The van der Waals surface area contributed by atoms with Gasteiger partial charge in [-0.05, 0) is 49.3 Å². The molecule has 0 radical (unpaired) electrons. The smallest absolute Gasteiger partial charge is 0.276 e.